The first-order valence-electron chi connectivity index (χ1n) is 9.46. The third-order valence-corrected chi connectivity index (χ3v) is 4.80. The lowest BCUT2D eigenvalue weighted by Crippen LogP contribution is -2.46. The van der Waals surface area contributed by atoms with Crippen molar-refractivity contribution in [3.05, 3.63) is 65.7 Å². The molecule has 25 heavy (non-hydrogen) atoms. The second-order valence-corrected chi connectivity index (χ2v) is 6.81. The van der Waals surface area contributed by atoms with Gasteiger partial charge in [-0.15, -0.1) is 0 Å². The highest BCUT2D eigenvalue weighted by molar-refractivity contribution is 5.81. The number of para-hydroxylation sites is 1. The molecule has 1 saturated heterocycles. The highest BCUT2D eigenvalue weighted by atomic mass is 15.3. The lowest BCUT2D eigenvalue weighted by molar-refractivity contribution is 0.126. The summed E-state index contributed by atoms with van der Waals surface area (Å²) in [6.07, 6.45) is 4.55. The van der Waals surface area contributed by atoms with E-state index in [1.165, 1.54) is 51.1 Å². The molecular weight excluding hydrogens is 306 g/mol. The summed E-state index contributed by atoms with van der Waals surface area (Å²) >= 11 is 0. The molecule has 0 radical (unpaired) electrons. The molecule has 3 heteroatoms. The molecule has 0 atom stereocenters. The Morgan fingerprint density at radius 3 is 2.24 bits per heavy atom. The molecule has 132 valence electrons. The van der Waals surface area contributed by atoms with Crippen LogP contribution in [-0.4, -0.2) is 48.7 Å². The van der Waals surface area contributed by atoms with E-state index in [2.05, 4.69) is 46.0 Å². The summed E-state index contributed by atoms with van der Waals surface area (Å²) in [6.45, 7) is 9.37. The molecule has 0 N–H and O–H groups in total. The molecule has 0 unspecified atom stereocenters. The average Bonchev–Trinajstić information content (AvgIpc) is 2.68. The second kappa shape index (κ2) is 9.50. The summed E-state index contributed by atoms with van der Waals surface area (Å²) in [6, 6.07) is 18.9. The number of hydrogen-bond donors (Lipinski definition) is 0. The van der Waals surface area contributed by atoms with Gasteiger partial charge in [0.25, 0.3) is 0 Å². The van der Waals surface area contributed by atoms with Crippen LogP contribution in [0.25, 0.3) is 0 Å². The van der Waals surface area contributed by atoms with Crippen LogP contribution in [-0.2, 0) is 6.54 Å². The fourth-order valence-corrected chi connectivity index (χ4v) is 3.18. The molecule has 1 heterocycles. The van der Waals surface area contributed by atoms with Crippen molar-refractivity contribution in [3.63, 3.8) is 0 Å². The molecule has 3 nitrogen and oxygen atoms in total. The highest BCUT2D eigenvalue weighted by Crippen LogP contribution is 2.12. The van der Waals surface area contributed by atoms with Gasteiger partial charge < -0.3 is 4.90 Å². The van der Waals surface area contributed by atoms with Crippen molar-refractivity contribution in [1.82, 2.24) is 9.80 Å². The predicted molar refractivity (Wildman–Crippen MR) is 107 cm³/mol. The number of benzene rings is 2. The molecule has 0 aliphatic carbocycles. The summed E-state index contributed by atoms with van der Waals surface area (Å²) < 4.78 is 0. The van der Waals surface area contributed by atoms with Crippen LogP contribution < -0.4 is 0 Å². The SMILES string of the molecule is CCCCN1CCN(Cc2ccc(C=Nc3ccccc3)cc2)CC1. The van der Waals surface area contributed by atoms with Crippen LogP contribution >= 0.6 is 0 Å². The second-order valence-electron chi connectivity index (χ2n) is 6.81. The van der Waals surface area contributed by atoms with E-state index in [0.29, 0.717) is 0 Å². The zero-order valence-corrected chi connectivity index (χ0v) is 15.3. The Labute approximate surface area is 152 Å². The van der Waals surface area contributed by atoms with Gasteiger partial charge in [0.05, 0.1) is 5.69 Å². The maximum atomic E-state index is 4.51. The third kappa shape index (κ3) is 5.80. The number of piperazine rings is 1. The summed E-state index contributed by atoms with van der Waals surface area (Å²) in [5, 5.41) is 0. The minimum atomic E-state index is 0.993. The summed E-state index contributed by atoms with van der Waals surface area (Å²) in [4.78, 5) is 9.68. The molecule has 1 fully saturated rings. The molecule has 2 aromatic carbocycles. The zero-order valence-electron chi connectivity index (χ0n) is 15.3. The van der Waals surface area contributed by atoms with Gasteiger partial charge >= 0.3 is 0 Å². The molecule has 1 aliphatic heterocycles. The Morgan fingerprint density at radius 2 is 1.56 bits per heavy atom. The van der Waals surface area contributed by atoms with Crippen LogP contribution in [0.4, 0.5) is 5.69 Å². The predicted octanol–water partition coefficient (Wildman–Crippen LogP) is 4.35. The fraction of sp³-hybridized carbons (Fsp3) is 0.409. The molecular formula is C22H29N3. The summed E-state index contributed by atoms with van der Waals surface area (Å²) in [5.74, 6) is 0. The van der Waals surface area contributed by atoms with E-state index >= 15 is 0 Å². The number of nitrogens with zero attached hydrogens (tertiary/aromatic N) is 3. The summed E-state index contributed by atoms with van der Waals surface area (Å²) in [5.41, 5.74) is 3.53. The van der Waals surface area contributed by atoms with Gasteiger partial charge in [-0.1, -0.05) is 55.8 Å². The number of rotatable bonds is 7. The Bertz CT molecular complexity index is 641. The Balaban J connectivity index is 1.47. The van der Waals surface area contributed by atoms with E-state index in [1.807, 2.05) is 36.5 Å². The Hall–Kier alpha value is -1.97. The summed E-state index contributed by atoms with van der Waals surface area (Å²) in [7, 11) is 0. The van der Waals surface area contributed by atoms with Gasteiger partial charge in [0.15, 0.2) is 0 Å². The first-order chi connectivity index (χ1) is 12.3. The van der Waals surface area contributed by atoms with Crippen LogP contribution in [0, 0.1) is 0 Å². The van der Waals surface area contributed by atoms with Crippen molar-refractivity contribution >= 4 is 11.9 Å². The highest BCUT2D eigenvalue weighted by Gasteiger charge is 2.16. The zero-order chi connectivity index (χ0) is 17.3. The van der Waals surface area contributed by atoms with Crippen LogP contribution in [0.1, 0.15) is 30.9 Å². The maximum Gasteiger partial charge on any atom is 0.0629 e. The minimum absolute atomic E-state index is 0.993. The lowest BCUT2D eigenvalue weighted by Gasteiger charge is -2.34. The first-order valence-corrected chi connectivity index (χ1v) is 9.46. The van der Waals surface area contributed by atoms with E-state index in [0.717, 1.165) is 17.8 Å². The van der Waals surface area contributed by atoms with Gasteiger partial charge in [0.2, 0.25) is 0 Å². The van der Waals surface area contributed by atoms with Crippen molar-refractivity contribution in [2.24, 2.45) is 4.99 Å². The van der Waals surface area contributed by atoms with Crippen LogP contribution in [0.5, 0.6) is 0 Å². The molecule has 0 saturated carbocycles. The molecule has 3 rings (SSSR count). The fourth-order valence-electron chi connectivity index (χ4n) is 3.18. The van der Waals surface area contributed by atoms with E-state index in [4.69, 9.17) is 0 Å². The van der Waals surface area contributed by atoms with E-state index < -0.39 is 0 Å². The molecule has 1 aliphatic rings. The largest absolute Gasteiger partial charge is 0.301 e. The van der Waals surface area contributed by atoms with Gasteiger partial charge in [-0.2, -0.15) is 0 Å². The number of aliphatic imine (C=N–C) groups is 1. The third-order valence-electron chi connectivity index (χ3n) is 4.80. The molecule has 0 amide bonds. The Kier molecular flexibility index (Phi) is 6.78. The van der Waals surface area contributed by atoms with E-state index in [9.17, 15) is 0 Å². The van der Waals surface area contributed by atoms with Crippen molar-refractivity contribution in [1.29, 1.82) is 0 Å². The molecule has 2 aromatic rings. The van der Waals surface area contributed by atoms with Gasteiger partial charge in [-0.25, -0.2) is 0 Å². The number of unbranched alkanes of at least 4 members (excludes halogenated alkanes) is 1. The van der Waals surface area contributed by atoms with Gasteiger partial charge in [-0.05, 0) is 36.2 Å². The van der Waals surface area contributed by atoms with E-state index in [-0.39, 0.29) is 0 Å². The normalized spacial score (nSPS) is 16.5. The van der Waals surface area contributed by atoms with Crippen LogP contribution in [0.2, 0.25) is 0 Å². The molecule has 0 bridgehead atoms. The maximum absolute atomic E-state index is 4.51. The van der Waals surface area contributed by atoms with Gasteiger partial charge in [0, 0.05) is 38.9 Å². The van der Waals surface area contributed by atoms with Crippen LogP contribution in [0.3, 0.4) is 0 Å². The Morgan fingerprint density at radius 1 is 0.880 bits per heavy atom. The topological polar surface area (TPSA) is 18.8 Å². The molecule has 0 spiro atoms. The molecule has 0 aromatic heterocycles. The monoisotopic (exact) mass is 335 g/mol. The average molecular weight is 335 g/mol. The minimum Gasteiger partial charge on any atom is -0.301 e. The van der Waals surface area contributed by atoms with Crippen molar-refractivity contribution in [2.75, 3.05) is 32.7 Å². The lowest BCUT2D eigenvalue weighted by atomic mass is 10.1. The van der Waals surface area contributed by atoms with E-state index in [1.54, 1.807) is 0 Å². The van der Waals surface area contributed by atoms with Gasteiger partial charge in [0.1, 0.15) is 0 Å². The van der Waals surface area contributed by atoms with Gasteiger partial charge in [-0.3, -0.25) is 9.89 Å². The smallest absolute Gasteiger partial charge is 0.0629 e. The van der Waals surface area contributed by atoms with Crippen molar-refractivity contribution in [2.45, 2.75) is 26.3 Å². The standard InChI is InChI=1S/C22H29N3/c1-2-3-13-24-14-16-25(17-15-24)19-21-11-9-20(10-12-21)18-23-22-7-5-4-6-8-22/h4-12,18H,2-3,13-17,19H2,1H3. The van der Waals surface area contributed by atoms with Crippen molar-refractivity contribution < 1.29 is 0 Å². The van der Waals surface area contributed by atoms with Crippen molar-refractivity contribution in [3.8, 4) is 0 Å². The van der Waals surface area contributed by atoms with Crippen LogP contribution in [0.15, 0.2) is 59.6 Å². The first kappa shape index (κ1) is 17.8. The quantitative estimate of drug-likeness (QED) is 0.700. The number of hydrogen-bond acceptors (Lipinski definition) is 3.